The Morgan fingerprint density at radius 3 is 1.79 bits per heavy atom. The first-order valence-corrected chi connectivity index (χ1v) is 19.8. The van der Waals surface area contributed by atoms with E-state index in [0.717, 1.165) is 33.1 Å². The molecule has 53 heavy (non-hydrogen) atoms. The van der Waals surface area contributed by atoms with E-state index in [2.05, 4.69) is 159 Å². The summed E-state index contributed by atoms with van der Waals surface area (Å²) in [7, 11) is 0. The predicted octanol–water partition coefficient (Wildman–Crippen LogP) is 14.8. The van der Waals surface area contributed by atoms with Gasteiger partial charge in [-0.25, -0.2) is 4.98 Å². The number of benzene rings is 8. The van der Waals surface area contributed by atoms with Crippen LogP contribution in [0.2, 0.25) is 0 Å². The van der Waals surface area contributed by atoms with Crippen molar-refractivity contribution in [3.63, 3.8) is 0 Å². The molecule has 0 aliphatic rings. The summed E-state index contributed by atoms with van der Waals surface area (Å²) in [5, 5.41) is 9.99. The summed E-state index contributed by atoms with van der Waals surface area (Å²) in [6, 6.07) is 53.2. The molecule has 2 nitrogen and oxygen atoms in total. The Morgan fingerprint density at radius 1 is 0.434 bits per heavy atom. The Kier molecular flexibility index (Phi) is 6.82. The molecule has 250 valence electrons. The summed E-state index contributed by atoms with van der Waals surface area (Å²) in [6.45, 7) is 4.61. The van der Waals surface area contributed by atoms with Gasteiger partial charge in [0.25, 0.3) is 0 Å². The average molecular weight is 713 g/mol. The highest BCUT2D eigenvalue weighted by Crippen LogP contribution is 2.48. The van der Waals surface area contributed by atoms with Gasteiger partial charge < -0.3 is 0 Å². The fourth-order valence-corrected chi connectivity index (χ4v) is 10.8. The molecule has 8 aromatic carbocycles. The molecule has 0 amide bonds. The van der Waals surface area contributed by atoms with E-state index < -0.39 is 0 Å². The van der Waals surface area contributed by atoms with E-state index in [4.69, 9.17) is 9.97 Å². The summed E-state index contributed by atoms with van der Waals surface area (Å²) < 4.78 is 5.35. The topological polar surface area (TPSA) is 25.8 Å². The summed E-state index contributed by atoms with van der Waals surface area (Å²) in [5.41, 5.74) is 10.3. The van der Waals surface area contributed by atoms with E-state index in [1.54, 1.807) is 0 Å². The summed E-state index contributed by atoms with van der Waals surface area (Å²) >= 11 is 3.83. The molecule has 4 heteroatoms. The smallest absolute Gasteiger partial charge is 0.0979 e. The molecule has 0 spiro atoms. The molecule has 0 bridgehead atoms. The van der Waals surface area contributed by atoms with E-state index in [0.29, 0.717) is 5.92 Å². The van der Waals surface area contributed by atoms with Crippen molar-refractivity contribution in [2.45, 2.75) is 19.8 Å². The highest BCUT2D eigenvalue weighted by molar-refractivity contribution is 7.27. The zero-order valence-electron chi connectivity index (χ0n) is 29.2. The van der Waals surface area contributed by atoms with E-state index in [1.807, 2.05) is 28.9 Å². The van der Waals surface area contributed by atoms with Crippen LogP contribution in [0.4, 0.5) is 0 Å². The first kappa shape index (κ1) is 30.7. The SMILES string of the molecule is CC(C)c1cc(-c2cccc3c2sc2ccccc23)c2sc3c(-c4cccc(-c5cnc6c7ccccc7c7ccccc7c6n5)c4)cccc3c2c1. The summed E-state index contributed by atoms with van der Waals surface area (Å²) in [4.78, 5) is 10.4. The van der Waals surface area contributed by atoms with Crippen LogP contribution in [0.1, 0.15) is 25.3 Å². The minimum Gasteiger partial charge on any atom is -0.252 e. The second kappa shape index (κ2) is 11.8. The molecule has 3 heterocycles. The maximum atomic E-state index is 5.31. The monoisotopic (exact) mass is 712 g/mol. The average Bonchev–Trinajstić information content (AvgIpc) is 3.79. The fourth-order valence-electron chi connectivity index (χ4n) is 8.25. The Balaban J connectivity index is 1.10. The van der Waals surface area contributed by atoms with Gasteiger partial charge in [0.2, 0.25) is 0 Å². The molecule has 0 N–H and O–H groups in total. The maximum absolute atomic E-state index is 5.31. The highest BCUT2D eigenvalue weighted by Gasteiger charge is 2.20. The van der Waals surface area contributed by atoms with Crippen molar-refractivity contribution >= 4 is 95.6 Å². The Bertz CT molecular complexity index is 3240. The molecular formula is C49H32N2S2. The van der Waals surface area contributed by atoms with Gasteiger partial charge in [-0.2, -0.15) is 0 Å². The van der Waals surface area contributed by atoms with E-state index in [-0.39, 0.29) is 0 Å². The molecule has 11 aromatic rings. The minimum atomic E-state index is 0.410. The van der Waals surface area contributed by atoms with Gasteiger partial charge in [-0.05, 0) is 57.6 Å². The Hall–Kier alpha value is -5.94. The zero-order chi connectivity index (χ0) is 35.2. The quantitative estimate of drug-likeness (QED) is 0.170. The number of hydrogen-bond acceptors (Lipinski definition) is 4. The Morgan fingerprint density at radius 2 is 1.02 bits per heavy atom. The molecule has 11 rings (SSSR count). The number of nitrogens with zero attached hydrogens (tertiary/aromatic N) is 2. The first-order valence-electron chi connectivity index (χ1n) is 18.2. The van der Waals surface area contributed by atoms with E-state index in [9.17, 15) is 0 Å². The summed E-state index contributed by atoms with van der Waals surface area (Å²) in [6.07, 6.45) is 1.94. The van der Waals surface area contributed by atoms with Crippen LogP contribution in [-0.2, 0) is 0 Å². The lowest BCUT2D eigenvalue weighted by Gasteiger charge is -2.12. The van der Waals surface area contributed by atoms with Crippen LogP contribution in [0.3, 0.4) is 0 Å². The van der Waals surface area contributed by atoms with Crippen LogP contribution in [0.15, 0.2) is 152 Å². The van der Waals surface area contributed by atoms with Crippen molar-refractivity contribution in [3.05, 3.63) is 157 Å². The molecular weight excluding hydrogens is 681 g/mol. The van der Waals surface area contributed by atoms with Gasteiger partial charge in [-0.1, -0.05) is 135 Å². The molecule has 0 aliphatic carbocycles. The normalized spacial score (nSPS) is 12.1. The molecule has 0 radical (unpaired) electrons. The molecule has 0 fully saturated rings. The van der Waals surface area contributed by atoms with Crippen molar-refractivity contribution in [3.8, 4) is 33.5 Å². The third-order valence-electron chi connectivity index (χ3n) is 10.9. The van der Waals surface area contributed by atoms with Gasteiger partial charge >= 0.3 is 0 Å². The molecule has 0 saturated carbocycles. The lowest BCUT2D eigenvalue weighted by molar-refractivity contribution is 0.869. The van der Waals surface area contributed by atoms with Crippen LogP contribution in [0.5, 0.6) is 0 Å². The van der Waals surface area contributed by atoms with Crippen LogP contribution in [0, 0.1) is 0 Å². The molecule has 3 aromatic heterocycles. The van der Waals surface area contributed by atoms with Crippen molar-refractivity contribution in [2.75, 3.05) is 0 Å². The highest BCUT2D eigenvalue weighted by atomic mass is 32.1. The molecule has 0 saturated heterocycles. The minimum absolute atomic E-state index is 0.410. The van der Waals surface area contributed by atoms with Gasteiger partial charge in [-0.3, -0.25) is 4.98 Å². The molecule has 0 aliphatic heterocycles. The second-order valence-electron chi connectivity index (χ2n) is 14.3. The summed E-state index contributed by atoms with van der Waals surface area (Å²) in [5.74, 6) is 0.410. The van der Waals surface area contributed by atoms with Gasteiger partial charge in [-0.15, -0.1) is 22.7 Å². The third kappa shape index (κ3) is 4.69. The van der Waals surface area contributed by atoms with Crippen molar-refractivity contribution in [1.29, 1.82) is 0 Å². The van der Waals surface area contributed by atoms with Gasteiger partial charge in [0, 0.05) is 67.8 Å². The lowest BCUT2D eigenvalue weighted by Crippen LogP contribution is -1.92. The van der Waals surface area contributed by atoms with Crippen molar-refractivity contribution in [1.82, 2.24) is 9.97 Å². The van der Waals surface area contributed by atoms with Gasteiger partial charge in [0.1, 0.15) is 0 Å². The predicted molar refractivity (Wildman–Crippen MR) is 231 cm³/mol. The number of thiophene rings is 2. The zero-order valence-corrected chi connectivity index (χ0v) is 30.9. The largest absolute Gasteiger partial charge is 0.252 e. The van der Waals surface area contributed by atoms with Crippen LogP contribution in [-0.4, -0.2) is 9.97 Å². The fraction of sp³-hybridized carbons (Fsp3) is 0.0612. The first-order chi connectivity index (χ1) is 26.1. The number of fused-ring (bicyclic) bond motifs is 12. The van der Waals surface area contributed by atoms with Crippen LogP contribution < -0.4 is 0 Å². The number of hydrogen-bond donors (Lipinski definition) is 0. The number of rotatable bonds is 4. The van der Waals surface area contributed by atoms with Gasteiger partial charge in [0.05, 0.1) is 22.9 Å². The van der Waals surface area contributed by atoms with Crippen LogP contribution >= 0.6 is 22.7 Å². The van der Waals surface area contributed by atoms with E-state index in [1.165, 1.54) is 78.9 Å². The molecule has 0 unspecified atom stereocenters. The maximum Gasteiger partial charge on any atom is 0.0979 e. The van der Waals surface area contributed by atoms with E-state index >= 15 is 0 Å². The van der Waals surface area contributed by atoms with Crippen molar-refractivity contribution in [2.24, 2.45) is 0 Å². The Labute approximate surface area is 314 Å². The molecule has 0 atom stereocenters. The van der Waals surface area contributed by atoms with Crippen LogP contribution in [0.25, 0.3) is 106 Å². The standard InChI is InChI=1S/C49H32N2S2/c1-28(2)31-25-41-39-21-10-19-32(47(39)53-49(41)42(26-31)40-22-11-20-38-35-16-7-8-23-44(35)52-48(38)40)29-12-9-13-30(24-29)43-27-50-45-36-17-5-3-14-33(36)34-15-4-6-18-37(34)46(45)51-43/h3-28H,1-2H3. The number of aromatic nitrogens is 2. The lowest BCUT2D eigenvalue weighted by atomic mass is 9.93. The van der Waals surface area contributed by atoms with Gasteiger partial charge in [0.15, 0.2) is 0 Å². The third-order valence-corrected chi connectivity index (χ3v) is 13.4. The second-order valence-corrected chi connectivity index (χ2v) is 16.4. The van der Waals surface area contributed by atoms with Crippen molar-refractivity contribution < 1.29 is 0 Å².